The molecule has 5 N–H and O–H groups in total. The summed E-state index contributed by atoms with van der Waals surface area (Å²) in [4.78, 5) is 10.2. The van der Waals surface area contributed by atoms with E-state index in [1.54, 1.807) is 0 Å². The monoisotopic (exact) mass is 795 g/mol. The summed E-state index contributed by atoms with van der Waals surface area (Å²) in [5, 5.41) is 3.75. The van der Waals surface area contributed by atoms with Gasteiger partial charge in [0, 0.05) is 71.6 Å². The highest BCUT2D eigenvalue weighted by molar-refractivity contribution is 5.89. The lowest BCUT2D eigenvalue weighted by molar-refractivity contribution is -0.538. The van der Waals surface area contributed by atoms with Crippen LogP contribution >= 0.6 is 0 Å². The molecule has 0 aliphatic heterocycles. The Morgan fingerprint density at radius 1 is 0.467 bits per heavy atom. The molecule has 0 radical (unpaired) electrons. The lowest BCUT2D eigenvalue weighted by Crippen LogP contribution is -2.34. The van der Waals surface area contributed by atoms with Crippen LogP contribution in [0.4, 0.5) is 17.1 Å². The molecule has 0 aliphatic carbocycles. The number of anilines is 3. The highest BCUT2D eigenvalue weighted by Gasteiger charge is 2.24. The van der Waals surface area contributed by atoms with Crippen molar-refractivity contribution in [1.82, 2.24) is 9.97 Å². The van der Waals surface area contributed by atoms with E-state index in [0.29, 0.717) is 0 Å². The van der Waals surface area contributed by atoms with E-state index in [0.717, 1.165) is 91.0 Å². The van der Waals surface area contributed by atoms with Crippen molar-refractivity contribution < 1.29 is 9.13 Å². The number of para-hydroxylation sites is 2. The number of fused-ring (bicyclic) bond motifs is 4. The topological polar surface area (TPSA) is 97.6 Å². The predicted molar refractivity (Wildman–Crippen MR) is 252 cm³/mol. The molecule has 0 spiro atoms. The van der Waals surface area contributed by atoms with Gasteiger partial charge in [-0.2, -0.15) is 0 Å². The molecule has 0 saturated heterocycles. The number of aryl methyl sites for hydroxylation is 5. The Balaban J connectivity index is 0.770. The number of nitrogens with zero attached hydrogens (tertiary/aromatic N) is 4. The van der Waals surface area contributed by atoms with Gasteiger partial charge in [0.1, 0.15) is 22.1 Å². The first-order valence-electron chi connectivity index (χ1n) is 22.2. The molecule has 8 rings (SSSR count). The highest BCUT2D eigenvalue weighted by atomic mass is 15.0. The zero-order valence-electron chi connectivity index (χ0n) is 36.0. The lowest BCUT2D eigenvalue weighted by atomic mass is 9.99. The van der Waals surface area contributed by atoms with Crippen molar-refractivity contribution in [3.05, 3.63) is 137 Å². The van der Waals surface area contributed by atoms with Gasteiger partial charge in [-0.15, -0.1) is 9.13 Å². The number of hydrogen-bond donors (Lipinski definition) is 3. The van der Waals surface area contributed by atoms with E-state index in [1.165, 1.54) is 93.0 Å². The Hall–Kier alpha value is -6.08. The van der Waals surface area contributed by atoms with Gasteiger partial charge in [-0.1, -0.05) is 94.2 Å². The maximum atomic E-state index is 6.41. The normalized spacial score (nSPS) is 11.7. The second-order valence-electron chi connectivity index (χ2n) is 16.9. The highest BCUT2D eigenvalue weighted by Crippen LogP contribution is 2.29. The molecule has 0 aliphatic rings. The van der Waals surface area contributed by atoms with Gasteiger partial charge in [0.05, 0.1) is 0 Å². The Morgan fingerprint density at radius 3 is 1.52 bits per heavy atom. The summed E-state index contributed by atoms with van der Waals surface area (Å²) in [5.41, 5.74) is 32.1. The molecule has 60 heavy (non-hydrogen) atoms. The van der Waals surface area contributed by atoms with Crippen LogP contribution in [0, 0.1) is 27.7 Å². The summed E-state index contributed by atoms with van der Waals surface area (Å²) in [6.07, 6.45) is 15.3. The number of nitrogens with two attached hydrogens (primary N) is 2. The third kappa shape index (κ3) is 8.77. The number of nitrogens with one attached hydrogen (secondary N) is 1. The van der Waals surface area contributed by atoms with Crippen LogP contribution in [0.25, 0.3) is 55.5 Å². The van der Waals surface area contributed by atoms with Crippen LogP contribution in [0.2, 0.25) is 0 Å². The molecule has 0 bridgehead atoms. The van der Waals surface area contributed by atoms with Crippen LogP contribution in [-0.2, 0) is 6.42 Å². The first-order valence-corrected chi connectivity index (χ1v) is 22.2. The molecule has 0 amide bonds. The van der Waals surface area contributed by atoms with Gasteiger partial charge in [-0.05, 0) is 99.5 Å². The fourth-order valence-corrected chi connectivity index (χ4v) is 8.91. The SMILES string of the molecule is Cc1cc2nc3cc(C)c(CCCCCCCCCCCCCNc4ccc5nc6cc(C)c(N)cc6[n+](-c6ccccc6)c5c4C)cc3[n+](-c3ccccc3)c2cc1N. The Labute approximate surface area is 355 Å². The molecule has 0 atom stereocenters. The van der Waals surface area contributed by atoms with Crippen molar-refractivity contribution in [3.63, 3.8) is 0 Å². The van der Waals surface area contributed by atoms with Gasteiger partial charge in [0.15, 0.2) is 0 Å². The quantitative estimate of drug-likeness (QED) is 0.0369. The molecule has 7 nitrogen and oxygen atoms in total. The zero-order chi connectivity index (χ0) is 41.6. The third-order valence-corrected chi connectivity index (χ3v) is 12.5. The number of benzene rings is 6. The van der Waals surface area contributed by atoms with Crippen molar-refractivity contribution in [2.75, 3.05) is 23.3 Å². The number of aromatic nitrogens is 4. The van der Waals surface area contributed by atoms with Crippen molar-refractivity contribution >= 4 is 61.2 Å². The molecule has 2 heterocycles. The molecular weight excluding hydrogens is 735 g/mol. The van der Waals surface area contributed by atoms with Gasteiger partial charge in [0.25, 0.3) is 0 Å². The fraction of sp³-hybridized carbons (Fsp3) is 0.321. The summed E-state index contributed by atoms with van der Waals surface area (Å²) >= 11 is 0. The average Bonchev–Trinajstić information content (AvgIpc) is 3.25. The first-order chi connectivity index (χ1) is 29.3. The van der Waals surface area contributed by atoms with Crippen molar-refractivity contribution in [2.24, 2.45) is 0 Å². The molecule has 0 fully saturated rings. The van der Waals surface area contributed by atoms with E-state index in [2.05, 4.69) is 144 Å². The van der Waals surface area contributed by atoms with Crippen molar-refractivity contribution in [3.8, 4) is 11.4 Å². The van der Waals surface area contributed by atoms with Crippen LogP contribution in [0.3, 0.4) is 0 Å². The maximum absolute atomic E-state index is 6.41. The zero-order valence-corrected chi connectivity index (χ0v) is 36.0. The molecule has 0 unspecified atom stereocenters. The van der Waals surface area contributed by atoms with E-state index in [9.17, 15) is 0 Å². The molecule has 0 saturated carbocycles. The minimum absolute atomic E-state index is 0.784. The summed E-state index contributed by atoms with van der Waals surface area (Å²) in [7, 11) is 0. The molecule has 306 valence electrons. The average molecular weight is 796 g/mol. The number of unbranched alkanes of at least 4 members (excludes halogenated alkanes) is 10. The van der Waals surface area contributed by atoms with E-state index in [1.807, 2.05) is 6.92 Å². The third-order valence-electron chi connectivity index (χ3n) is 12.5. The lowest BCUT2D eigenvalue weighted by Gasteiger charge is -2.13. The molecular formula is C53H61N7+2. The van der Waals surface area contributed by atoms with Crippen LogP contribution in [-0.4, -0.2) is 16.5 Å². The minimum Gasteiger partial charge on any atom is -0.398 e. The first kappa shape index (κ1) is 40.7. The van der Waals surface area contributed by atoms with Gasteiger partial charge in [-0.3, -0.25) is 0 Å². The standard InChI is InChI=1S/C53H59N7/c1-36-30-47-50(59(41-23-17-14-18-24-41)51-34-43(54)37(2)31-48(51)58-47)33-40(36)22-16-12-10-8-6-5-7-9-11-13-21-29-56-45-27-28-46-53(39(45)4)60(42-25-19-15-20-26-42)52-35-44(55)38(3)32-49(52)57-46/h14-15,17-20,23-28,30-35,54H,5-13,16,21-22,29H2,1-4H3,(H2,55,56)/p+2. The van der Waals surface area contributed by atoms with Crippen molar-refractivity contribution in [1.29, 1.82) is 0 Å². The number of hydrogen-bond acceptors (Lipinski definition) is 5. The summed E-state index contributed by atoms with van der Waals surface area (Å²) in [6, 6.07) is 38.5. The Morgan fingerprint density at radius 2 is 0.933 bits per heavy atom. The Kier molecular flexibility index (Phi) is 12.5. The second-order valence-corrected chi connectivity index (χ2v) is 16.9. The largest absolute Gasteiger partial charge is 0.398 e. The molecule has 6 aromatic carbocycles. The second kappa shape index (κ2) is 18.5. The summed E-state index contributed by atoms with van der Waals surface area (Å²) < 4.78 is 4.65. The van der Waals surface area contributed by atoms with E-state index < -0.39 is 0 Å². The van der Waals surface area contributed by atoms with Gasteiger partial charge in [0.2, 0.25) is 33.4 Å². The van der Waals surface area contributed by atoms with Gasteiger partial charge < -0.3 is 16.8 Å². The van der Waals surface area contributed by atoms with Crippen LogP contribution in [0.5, 0.6) is 0 Å². The van der Waals surface area contributed by atoms with E-state index in [-0.39, 0.29) is 0 Å². The Bertz CT molecular complexity index is 2750. The molecule has 8 aromatic rings. The number of nitrogen functional groups attached to an aromatic ring is 2. The van der Waals surface area contributed by atoms with E-state index >= 15 is 0 Å². The van der Waals surface area contributed by atoms with Crippen molar-refractivity contribution in [2.45, 2.75) is 105 Å². The van der Waals surface area contributed by atoms with Crippen LogP contribution < -0.4 is 25.9 Å². The summed E-state index contributed by atoms with van der Waals surface area (Å²) in [6.45, 7) is 9.51. The predicted octanol–water partition coefficient (Wildman–Crippen LogP) is 12.0. The fourth-order valence-electron chi connectivity index (χ4n) is 8.91. The number of rotatable bonds is 17. The van der Waals surface area contributed by atoms with Gasteiger partial charge >= 0.3 is 0 Å². The molecule has 2 aromatic heterocycles. The van der Waals surface area contributed by atoms with Gasteiger partial charge in [-0.25, -0.2) is 9.97 Å². The minimum atomic E-state index is 0.784. The maximum Gasteiger partial charge on any atom is 0.242 e. The van der Waals surface area contributed by atoms with Crippen LogP contribution in [0.1, 0.15) is 98.4 Å². The van der Waals surface area contributed by atoms with E-state index in [4.69, 9.17) is 21.4 Å². The van der Waals surface area contributed by atoms with Crippen LogP contribution in [0.15, 0.2) is 109 Å². The molecule has 7 heteroatoms. The smallest absolute Gasteiger partial charge is 0.242 e. The summed E-state index contributed by atoms with van der Waals surface area (Å²) in [5.74, 6) is 0.